The van der Waals surface area contributed by atoms with E-state index in [0.29, 0.717) is 12.1 Å². The van der Waals surface area contributed by atoms with E-state index in [2.05, 4.69) is 17.1 Å². The summed E-state index contributed by atoms with van der Waals surface area (Å²) in [6, 6.07) is 8.66. The molecule has 0 amide bonds. The van der Waals surface area contributed by atoms with Crippen molar-refractivity contribution in [1.82, 2.24) is 4.98 Å². The number of hydrogen-bond acceptors (Lipinski definition) is 3. The molecular formula is C16H20N2O. The third kappa shape index (κ3) is 2.71. The maximum absolute atomic E-state index is 6.08. The molecule has 1 saturated carbocycles. The predicted molar refractivity (Wildman–Crippen MR) is 77.3 cm³/mol. The van der Waals surface area contributed by atoms with Gasteiger partial charge in [-0.05, 0) is 62.3 Å². The van der Waals surface area contributed by atoms with Crippen LogP contribution in [0.4, 0.5) is 0 Å². The fourth-order valence-corrected chi connectivity index (χ4v) is 2.78. The summed E-state index contributed by atoms with van der Waals surface area (Å²) in [6.07, 6.45) is 6.44. The molecule has 3 heteroatoms. The molecule has 0 radical (unpaired) electrons. The van der Waals surface area contributed by atoms with Gasteiger partial charge in [-0.1, -0.05) is 0 Å². The third-order valence-electron chi connectivity index (χ3n) is 3.96. The Hall–Kier alpha value is -1.61. The SMILES string of the molecule is Cc1nccc2cc(OC3CCC(N)CC3)ccc12. The molecule has 0 spiro atoms. The van der Waals surface area contributed by atoms with Crippen LogP contribution >= 0.6 is 0 Å². The van der Waals surface area contributed by atoms with E-state index < -0.39 is 0 Å². The quantitative estimate of drug-likeness (QED) is 0.897. The average Bonchev–Trinajstić information content (AvgIpc) is 2.42. The summed E-state index contributed by atoms with van der Waals surface area (Å²) in [5.41, 5.74) is 6.98. The molecule has 0 unspecified atom stereocenters. The normalized spacial score (nSPS) is 23.5. The standard InChI is InChI=1S/C16H20N2O/c1-11-16-7-6-15(10-12(16)8-9-18-11)19-14-4-2-13(17)3-5-14/h6-10,13-14H,2-5,17H2,1H3. The molecule has 1 heterocycles. The molecule has 0 atom stereocenters. The van der Waals surface area contributed by atoms with Crippen LogP contribution in [0.25, 0.3) is 10.8 Å². The molecule has 0 aliphatic heterocycles. The Balaban J connectivity index is 1.78. The van der Waals surface area contributed by atoms with Crippen LogP contribution < -0.4 is 10.5 Å². The summed E-state index contributed by atoms with van der Waals surface area (Å²) in [5.74, 6) is 0.957. The number of nitrogens with zero attached hydrogens (tertiary/aromatic N) is 1. The highest BCUT2D eigenvalue weighted by atomic mass is 16.5. The van der Waals surface area contributed by atoms with Crippen LogP contribution in [0, 0.1) is 6.92 Å². The van der Waals surface area contributed by atoms with Gasteiger partial charge in [0, 0.05) is 23.3 Å². The Bertz CT molecular complexity index is 574. The van der Waals surface area contributed by atoms with Gasteiger partial charge in [0.25, 0.3) is 0 Å². The van der Waals surface area contributed by atoms with Crippen molar-refractivity contribution in [3.8, 4) is 5.75 Å². The smallest absolute Gasteiger partial charge is 0.120 e. The molecule has 1 aromatic carbocycles. The maximum Gasteiger partial charge on any atom is 0.120 e. The maximum atomic E-state index is 6.08. The molecule has 3 rings (SSSR count). The van der Waals surface area contributed by atoms with Gasteiger partial charge in [0.15, 0.2) is 0 Å². The van der Waals surface area contributed by atoms with Gasteiger partial charge in [-0.15, -0.1) is 0 Å². The Morgan fingerprint density at radius 3 is 2.74 bits per heavy atom. The molecule has 2 N–H and O–H groups in total. The van der Waals surface area contributed by atoms with E-state index in [-0.39, 0.29) is 0 Å². The Morgan fingerprint density at radius 1 is 1.16 bits per heavy atom. The molecule has 0 saturated heterocycles. The van der Waals surface area contributed by atoms with Crippen LogP contribution in [-0.2, 0) is 0 Å². The zero-order chi connectivity index (χ0) is 13.2. The van der Waals surface area contributed by atoms with Crippen molar-refractivity contribution < 1.29 is 4.74 Å². The zero-order valence-corrected chi connectivity index (χ0v) is 11.3. The van der Waals surface area contributed by atoms with Crippen molar-refractivity contribution in [1.29, 1.82) is 0 Å². The molecule has 2 aromatic rings. The van der Waals surface area contributed by atoms with Crippen LogP contribution in [0.1, 0.15) is 31.4 Å². The van der Waals surface area contributed by atoms with Crippen molar-refractivity contribution in [3.05, 3.63) is 36.2 Å². The molecule has 100 valence electrons. The molecule has 19 heavy (non-hydrogen) atoms. The third-order valence-corrected chi connectivity index (χ3v) is 3.96. The summed E-state index contributed by atoms with van der Waals surface area (Å²) in [6.45, 7) is 2.03. The topological polar surface area (TPSA) is 48.1 Å². The first-order valence-electron chi connectivity index (χ1n) is 7.00. The Kier molecular flexibility index (Phi) is 3.38. The zero-order valence-electron chi connectivity index (χ0n) is 11.3. The Morgan fingerprint density at radius 2 is 1.95 bits per heavy atom. The fourth-order valence-electron chi connectivity index (χ4n) is 2.78. The second-order valence-corrected chi connectivity index (χ2v) is 5.43. The van der Waals surface area contributed by atoms with E-state index in [1.807, 2.05) is 25.3 Å². The van der Waals surface area contributed by atoms with E-state index in [1.165, 1.54) is 10.8 Å². The largest absolute Gasteiger partial charge is 0.490 e. The van der Waals surface area contributed by atoms with Gasteiger partial charge in [-0.2, -0.15) is 0 Å². The van der Waals surface area contributed by atoms with Crippen LogP contribution in [0.2, 0.25) is 0 Å². The molecule has 3 nitrogen and oxygen atoms in total. The molecular weight excluding hydrogens is 236 g/mol. The number of aryl methyl sites for hydroxylation is 1. The first-order valence-corrected chi connectivity index (χ1v) is 7.00. The molecule has 1 aliphatic carbocycles. The van der Waals surface area contributed by atoms with E-state index >= 15 is 0 Å². The van der Waals surface area contributed by atoms with E-state index in [0.717, 1.165) is 37.1 Å². The summed E-state index contributed by atoms with van der Waals surface area (Å²) in [7, 11) is 0. The van der Waals surface area contributed by atoms with Crippen molar-refractivity contribution in [2.24, 2.45) is 5.73 Å². The lowest BCUT2D eigenvalue weighted by atomic mass is 9.94. The highest BCUT2D eigenvalue weighted by Gasteiger charge is 2.19. The minimum atomic E-state index is 0.320. The highest BCUT2D eigenvalue weighted by Crippen LogP contribution is 2.26. The second kappa shape index (κ2) is 5.17. The second-order valence-electron chi connectivity index (χ2n) is 5.43. The highest BCUT2D eigenvalue weighted by molar-refractivity contribution is 5.85. The lowest BCUT2D eigenvalue weighted by molar-refractivity contribution is 0.147. The summed E-state index contributed by atoms with van der Waals surface area (Å²) in [5, 5.41) is 2.39. The lowest BCUT2D eigenvalue weighted by Crippen LogP contribution is -2.31. The number of aromatic nitrogens is 1. The first-order chi connectivity index (χ1) is 9.22. The number of pyridine rings is 1. The van der Waals surface area contributed by atoms with Crippen LogP contribution in [0.5, 0.6) is 5.75 Å². The number of nitrogens with two attached hydrogens (primary N) is 1. The van der Waals surface area contributed by atoms with Gasteiger partial charge in [0.2, 0.25) is 0 Å². The van der Waals surface area contributed by atoms with Crippen molar-refractivity contribution >= 4 is 10.8 Å². The van der Waals surface area contributed by atoms with Gasteiger partial charge in [0.05, 0.1) is 6.10 Å². The van der Waals surface area contributed by atoms with Crippen molar-refractivity contribution in [2.75, 3.05) is 0 Å². The van der Waals surface area contributed by atoms with Crippen molar-refractivity contribution in [3.63, 3.8) is 0 Å². The van der Waals surface area contributed by atoms with Crippen molar-refractivity contribution in [2.45, 2.75) is 44.8 Å². The first kappa shape index (κ1) is 12.4. The van der Waals surface area contributed by atoms with Crippen LogP contribution in [-0.4, -0.2) is 17.1 Å². The lowest BCUT2D eigenvalue weighted by Gasteiger charge is -2.26. The molecule has 0 bridgehead atoms. The monoisotopic (exact) mass is 256 g/mol. The summed E-state index contributed by atoms with van der Waals surface area (Å²) in [4.78, 5) is 4.31. The van der Waals surface area contributed by atoms with Gasteiger partial charge in [-0.3, -0.25) is 4.98 Å². The van der Waals surface area contributed by atoms with E-state index in [4.69, 9.17) is 10.5 Å². The van der Waals surface area contributed by atoms with Crippen LogP contribution in [0.15, 0.2) is 30.5 Å². The van der Waals surface area contributed by atoms with Gasteiger partial charge < -0.3 is 10.5 Å². The van der Waals surface area contributed by atoms with Gasteiger partial charge in [-0.25, -0.2) is 0 Å². The summed E-state index contributed by atoms with van der Waals surface area (Å²) >= 11 is 0. The fraction of sp³-hybridized carbons (Fsp3) is 0.438. The molecule has 1 aliphatic rings. The number of hydrogen-bond donors (Lipinski definition) is 1. The molecule has 1 fully saturated rings. The number of benzene rings is 1. The predicted octanol–water partition coefficient (Wildman–Crippen LogP) is 3.19. The number of rotatable bonds is 2. The number of fused-ring (bicyclic) bond motifs is 1. The van der Waals surface area contributed by atoms with Crippen LogP contribution in [0.3, 0.4) is 0 Å². The van der Waals surface area contributed by atoms with Gasteiger partial charge >= 0.3 is 0 Å². The average molecular weight is 256 g/mol. The van der Waals surface area contributed by atoms with Gasteiger partial charge in [0.1, 0.15) is 5.75 Å². The minimum Gasteiger partial charge on any atom is -0.490 e. The number of ether oxygens (including phenoxy) is 1. The molecule has 1 aromatic heterocycles. The van der Waals surface area contributed by atoms with E-state index in [1.54, 1.807) is 0 Å². The minimum absolute atomic E-state index is 0.320. The Labute approximate surface area is 113 Å². The summed E-state index contributed by atoms with van der Waals surface area (Å²) < 4.78 is 6.08. The van der Waals surface area contributed by atoms with E-state index in [9.17, 15) is 0 Å².